The van der Waals surface area contributed by atoms with Crippen molar-refractivity contribution in [3.05, 3.63) is 23.7 Å². The van der Waals surface area contributed by atoms with Crippen molar-refractivity contribution in [2.45, 2.75) is 109 Å². The Morgan fingerprint density at radius 3 is 0.429 bits per heavy atom. The summed E-state index contributed by atoms with van der Waals surface area (Å²) in [5, 5.41) is 0. The quantitative estimate of drug-likeness (QED) is 0.436. The third kappa shape index (κ3) is 94.4. The summed E-state index contributed by atoms with van der Waals surface area (Å²) < 4.78 is 0. The van der Waals surface area contributed by atoms with E-state index in [0.717, 1.165) is 0 Å². The van der Waals surface area contributed by atoms with Gasteiger partial charge in [0.15, 0.2) is 0 Å². The minimum absolute atomic E-state index is 0. The van der Waals surface area contributed by atoms with Gasteiger partial charge in [0.2, 0.25) is 0 Å². The van der Waals surface area contributed by atoms with Crippen molar-refractivity contribution >= 4 is 0 Å². The Kier molecular flexibility index (Phi) is 46.2. The molecule has 0 atom stereocenters. The van der Waals surface area contributed by atoms with Crippen LogP contribution >= 0.6 is 0 Å². The van der Waals surface area contributed by atoms with Crippen LogP contribution in [0.5, 0.6) is 0 Å². The van der Waals surface area contributed by atoms with Crippen molar-refractivity contribution in [1.29, 1.82) is 0 Å². The van der Waals surface area contributed by atoms with Crippen molar-refractivity contribution in [3.8, 4) is 0 Å². The topological polar surface area (TPSA) is 0 Å². The van der Waals surface area contributed by atoms with E-state index in [2.05, 4.69) is 83.1 Å². The van der Waals surface area contributed by atoms with E-state index in [9.17, 15) is 0 Å². The number of hydrogen-bond donors (Lipinski definition) is 0. The Labute approximate surface area is 158 Å². The van der Waals surface area contributed by atoms with E-state index in [0.29, 0.717) is 0 Å². The normalized spacial score (nSPS) is 9.14. The molecular weight excluding hydrogens is 331 g/mol. The molecule has 0 bridgehead atoms. The summed E-state index contributed by atoms with van der Waals surface area (Å²) in [6.07, 6.45) is 4.89. The summed E-state index contributed by atoms with van der Waals surface area (Å²) in [5.74, 6) is 6.02. The molecule has 21 heavy (non-hydrogen) atoms. The van der Waals surface area contributed by atoms with Gasteiger partial charge in [-0.05, 0) is 0 Å². The van der Waals surface area contributed by atoms with Crippen molar-refractivity contribution in [3.63, 3.8) is 0 Å². The Hall–Kier alpha value is 0.883. The molecule has 0 fully saturated rings. The molecule has 0 N–H and O–H groups in total. The van der Waals surface area contributed by atoms with Gasteiger partial charge in [0.25, 0.3) is 0 Å². The predicted octanol–water partition coefficient (Wildman–Crippen LogP) is 8.04. The van der Waals surface area contributed by atoms with E-state index in [1.165, 1.54) is 49.4 Å². The van der Waals surface area contributed by atoms with E-state index in [1.807, 2.05) is 0 Å². The second-order valence-corrected chi connectivity index (χ2v) is 6.24. The average molecular weight is 376 g/mol. The molecule has 0 radical (unpaired) electrons. The van der Waals surface area contributed by atoms with Crippen LogP contribution < -0.4 is 0 Å². The van der Waals surface area contributed by atoms with Crippen LogP contribution in [0, 0.1) is 23.7 Å². The van der Waals surface area contributed by atoms with Crippen LogP contribution in [-0.2, 0) is 26.2 Å². The van der Waals surface area contributed by atoms with Gasteiger partial charge >= 0.3 is 26.2 Å². The van der Waals surface area contributed by atoms with Crippen LogP contribution in [0.15, 0.2) is 0 Å². The molecule has 1 heteroatoms. The minimum Gasteiger partial charge on any atom is -0.320 e. The molecule has 0 aliphatic heterocycles. The molecule has 0 rings (SSSR count). The van der Waals surface area contributed by atoms with Crippen LogP contribution in [-0.4, -0.2) is 0 Å². The Bertz CT molecular complexity index is 93.8. The predicted molar refractivity (Wildman–Crippen MR) is 99.5 cm³/mol. The van der Waals surface area contributed by atoms with Crippen LogP contribution in [0.4, 0.5) is 0 Å². The molecule has 0 nitrogen and oxygen atoms in total. The van der Waals surface area contributed by atoms with Gasteiger partial charge in [-0.15, -0.1) is 0 Å². The van der Waals surface area contributed by atoms with Gasteiger partial charge in [-0.25, -0.2) is 0 Å². The maximum atomic E-state index is 2.16. The van der Waals surface area contributed by atoms with Crippen LogP contribution in [0.3, 0.4) is 0 Å². The van der Waals surface area contributed by atoms with E-state index in [-0.39, 0.29) is 26.2 Å². The van der Waals surface area contributed by atoms with Crippen LogP contribution in [0.2, 0.25) is 0 Å². The second kappa shape index (κ2) is 29.0. The van der Waals surface area contributed by atoms with Gasteiger partial charge in [0.1, 0.15) is 0 Å². The Morgan fingerprint density at radius 1 is 0.381 bits per heavy atom. The largest absolute Gasteiger partial charge is 4.00 e. The standard InChI is InChI=1S/4C5H11.Zr/c4*1-4-5(2)3;/h4*4H2,1-3H3;/q4*-1;+4. The first kappa shape index (κ1) is 33.5. The van der Waals surface area contributed by atoms with Crippen LogP contribution in [0.1, 0.15) is 109 Å². The van der Waals surface area contributed by atoms with Gasteiger partial charge in [-0.1, -0.05) is 27.7 Å². The van der Waals surface area contributed by atoms with E-state index in [4.69, 9.17) is 0 Å². The van der Waals surface area contributed by atoms with Gasteiger partial charge < -0.3 is 23.7 Å². The molecular formula is C20H44Zr. The molecule has 0 unspecified atom stereocenters. The summed E-state index contributed by atoms with van der Waals surface area (Å²) >= 11 is 0. The molecule has 0 saturated carbocycles. The molecule has 0 heterocycles. The fourth-order valence-corrected chi connectivity index (χ4v) is 0. The maximum absolute atomic E-state index is 2.16. The molecule has 0 aliphatic rings. The third-order valence-electron chi connectivity index (χ3n) is 2.83. The van der Waals surface area contributed by atoms with Gasteiger partial charge in [0.05, 0.1) is 0 Å². The number of hydrogen-bond acceptors (Lipinski definition) is 0. The van der Waals surface area contributed by atoms with E-state index >= 15 is 0 Å². The molecule has 0 aliphatic carbocycles. The fourth-order valence-electron chi connectivity index (χ4n) is 0. The number of rotatable bonds is 4. The average Bonchev–Trinajstić information content (AvgIpc) is 2.40. The van der Waals surface area contributed by atoms with Gasteiger partial charge in [-0.2, -0.15) is 81.1 Å². The summed E-state index contributed by atoms with van der Waals surface area (Å²) in [5.41, 5.74) is 0. The molecule has 128 valence electrons. The zero-order valence-electron chi connectivity index (χ0n) is 17.3. The summed E-state index contributed by atoms with van der Waals surface area (Å²) in [4.78, 5) is 0. The fraction of sp³-hybridized carbons (Fsp3) is 0.800. The first-order valence-corrected chi connectivity index (χ1v) is 8.24. The summed E-state index contributed by atoms with van der Waals surface area (Å²) in [6, 6.07) is 0. The third-order valence-corrected chi connectivity index (χ3v) is 2.83. The molecule has 0 amide bonds. The van der Waals surface area contributed by atoms with E-state index < -0.39 is 0 Å². The monoisotopic (exact) mass is 374 g/mol. The van der Waals surface area contributed by atoms with E-state index in [1.54, 1.807) is 0 Å². The smallest absolute Gasteiger partial charge is 0.320 e. The Morgan fingerprint density at radius 2 is 0.429 bits per heavy atom. The zero-order valence-corrected chi connectivity index (χ0v) is 19.8. The van der Waals surface area contributed by atoms with Crippen molar-refractivity contribution < 1.29 is 26.2 Å². The first-order chi connectivity index (χ1) is 9.08. The SMILES string of the molecule is CC[C-](C)C.CC[C-](C)C.CC[C-](C)C.CC[C-](C)C.[Zr+4]. The molecule has 0 aromatic carbocycles. The van der Waals surface area contributed by atoms with Crippen molar-refractivity contribution in [2.24, 2.45) is 0 Å². The molecule has 0 aromatic rings. The summed E-state index contributed by atoms with van der Waals surface area (Å²) in [6.45, 7) is 25.8. The first-order valence-electron chi connectivity index (χ1n) is 8.24. The molecule has 0 aromatic heterocycles. The van der Waals surface area contributed by atoms with Gasteiger partial charge in [0, 0.05) is 0 Å². The van der Waals surface area contributed by atoms with Crippen LogP contribution in [0.25, 0.3) is 0 Å². The zero-order chi connectivity index (χ0) is 17.1. The maximum Gasteiger partial charge on any atom is 4.00 e. The molecule has 0 saturated heterocycles. The van der Waals surface area contributed by atoms with Crippen molar-refractivity contribution in [1.82, 2.24) is 0 Å². The molecule has 0 spiro atoms. The minimum atomic E-state index is 0. The Balaban J connectivity index is -0.0000000533. The second-order valence-electron chi connectivity index (χ2n) is 6.24. The van der Waals surface area contributed by atoms with Gasteiger partial charge in [-0.3, -0.25) is 0 Å². The summed E-state index contributed by atoms with van der Waals surface area (Å²) in [7, 11) is 0. The van der Waals surface area contributed by atoms with Crippen molar-refractivity contribution in [2.75, 3.05) is 0 Å².